The van der Waals surface area contributed by atoms with Crippen LogP contribution in [0.5, 0.6) is 0 Å². The Bertz CT molecular complexity index is 2300. The van der Waals surface area contributed by atoms with Crippen LogP contribution in [0.4, 0.5) is 21.6 Å². The first-order chi connectivity index (χ1) is 27.9. The molecule has 312 valence electrons. The molecule has 0 aliphatic carbocycles. The van der Waals surface area contributed by atoms with Crippen LogP contribution in [0.15, 0.2) is 76.8 Å². The number of aliphatic hydroxyl groups excluding tert-OH is 1. The second kappa shape index (κ2) is 18.9. The summed E-state index contributed by atoms with van der Waals surface area (Å²) in [7, 11) is -4.95. The van der Waals surface area contributed by atoms with Crippen LogP contribution in [-0.2, 0) is 28.2 Å². The van der Waals surface area contributed by atoms with E-state index in [4.69, 9.17) is 14.5 Å². The molecule has 0 bridgehead atoms. The minimum Gasteiger partial charge on any atom is -0.387 e. The van der Waals surface area contributed by atoms with Gasteiger partial charge in [0.15, 0.2) is 12.4 Å². The zero-order valence-electron chi connectivity index (χ0n) is 30.8. The Morgan fingerprint density at radius 3 is 2.32 bits per heavy atom. The number of phosphoric acid groups is 1. The van der Waals surface area contributed by atoms with Crippen molar-refractivity contribution in [3.05, 3.63) is 104 Å². The number of benzene rings is 2. The Morgan fingerprint density at radius 2 is 1.68 bits per heavy atom. The van der Waals surface area contributed by atoms with Gasteiger partial charge in [-0.1, -0.05) is 18.6 Å². The molecular weight excluding hydrogens is 806 g/mol. The number of nitro groups is 1. The summed E-state index contributed by atoms with van der Waals surface area (Å²) in [5.41, 5.74) is 1.10. The van der Waals surface area contributed by atoms with Gasteiger partial charge in [0.1, 0.15) is 23.6 Å². The number of halogens is 1. The molecule has 6 N–H and O–H groups in total. The van der Waals surface area contributed by atoms with E-state index in [1.54, 1.807) is 0 Å². The monoisotopic (exact) mass is 842 g/mol. The van der Waals surface area contributed by atoms with Crippen molar-refractivity contribution in [3.63, 3.8) is 0 Å². The van der Waals surface area contributed by atoms with Crippen molar-refractivity contribution in [3.8, 4) is 0 Å². The molecule has 2 aromatic carbocycles. The van der Waals surface area contributed by atoms with Crippen LogP contribution >= 0.6 is 7.82 Å². The van der Waals surface area contributed by atoms with Gasteiger partial charge in [0, 0.05) is 48.6 Å². The molecule has 1 aromatic heterocycles. The molecule has 0 spiro atoms. The van der Waals surface area contributed by atoms with Crippen LogP contribution in [-0.4, -0.2) is 101 Å². The maximum atomic E-state index is 14.7. The van der Waals surface area contributed by atoms with E-state index >= 15 is 0 Å². The number of hydrogen-bond acceptors (Lipinski definition) is 14. The van der Waals surface area contributed by atoms with Gasteiger partial charge >= 0.3 is 13.5 Å². The van der Waals surface area contributed by atoms with Crippen LogP contribution in [0, 0.1) is 10.1 Å². The predicted octanol–water partition coefficient (Wildman–Crippen LogP) is 1.69. The Balaban J connectivity index is 1.12. The SMILES string of the molecule is C/C(=N\NC(=O)c1ccc(NC(=O)CCCCCN2C(=O)C=CC2=O)cc1[N+](=O)[O-])c1ccc(C(=O)Nc2ccn([C@@H]3O[C@H](COP(=O)(O)O)C(O)C3F)c(=O)n2)cc1. The van der Waals surface area contributed by atoms with E-state index in [-0.39, 0.29) is 53.1 Å². The van der Waals surface area contributed by atoms with Gasteiger partial charge in [0.05, 0.1) is 17.2 Å². The number of ether oxygens (including phenoxy) is 1. The lowest BCUT2D eigenvalue weighted by molar-refractivity contribution is -0.385. The summed E-state index contributed by atoms with van der Waals surface area (Å²) >= 11 is 0. The summed E-state index contributed by atoms with van der Waals surface area (Å²) in [4.78, 5) is 108. The van der Waals surface area contributed by atoms with E-state index in [9.17, 15) is 52.9 Å². The Morgan fingerprint density at radius 1 is 1.00 bits per heavy atom. The van der Waals surface area contributed by atoms with Gasteiger partial charge in [-0.25, -0.2) is 19.2 Å². The highest BCUT2D eigenvalue weighted by molar-refractivity contribution is 7.46. The largest absolute Gasteiger partial charge is 0.469 e. The van der Waals surface area contributed by atoms with E-state index in [2.05, 4.69) is 30.7 Å². The summed E-state index contributed by atoms with van der Waals surface area (Å²) in [5, 5.41) is 30.8. The molecular formula is C35H36FN8O14P. The number of hydrazone groups is 1. The Hall–Kier alpha value is -6.36. The van der Waals surface area contributed by atoms with Crippen molar-refractivity contribution >= 4 is 60.3 Å². The van der Waals surface area contributed by atoms with Crippen molar-refractivity contribution in [2.45, 2.75) is 57.2 Å². The number of nitrogens with zero attached hydrogens (tertiary/aromatic N) is 5. The van der Waals surface area contributed by atoms with Crippen molar-refractivity contribution in [1.29, 1.82) is 0 Å². The summed E-state index contributed by atoms with van der Waals surface area (Å²) in [6, 6.07) is 10.4. The molecule has 59 heavy (non-hydrogen) atoms. The molecule has 0 radical (unpaired) electrons. The number of carbonyl (C=O) groups is 5. The number of aromatic nitrogens is 2. The number of carbonyl (C=O) groups excluding carboxylic acids is 5. The Labute approximate surface area is 332 Å². The first-order valence-corrected chi connectivity index (χ1v) is 19.1. The predicted molar refractivity (Wildman–Crippen MR) is 201 cm³/mol. The van der Waals surface area contributed by atoms with E-state index < -0.39 is 73.1 Å². The molecule has 22 nitrogen and oxygen atoms in total. The first-order valence-electron chi connectivity index (χ1n) is 17.6. The molecule has 3 heterocycles. The van der Waals surface area contributed by atoms with Gasteiger partial charge < -0.3 is 30.3 Å². The average Bonchev–Trinajstić information content (AvgIpc) is 3.66. The fraction of sp³-hybridized carbons (Fsp3) is 0.314. The minimum atomic E-state index is -4.95. The molecule has 24 heteroatoms. The van der Waals surface area contributed by atoms with Gasteiger partial charge in [-0.05, 0) is 55.7 Å². The van der Waals surface area contributed by atoms with Gasteiger partial charge in [0.2, 0.25) is 5.91 Å². The number of phosphoric ester groups is 1. The van der Waals surface area contributed by atoms with Gasteiger partial charge in [-0.15, -0.1) is 0 Å². The molecule has 5 rings (SSSR count). The molecule has 5 amide bonds. The normalized spacial score (nSPS) is 19.2. The van der Waals surface area contributed by atoms with Crippen LogP contribution in [0.3, 0.4) is 0 Å². The van der Waals surface area contributed by atoms with Crippen LogP contribution in [0.2, 0.25) is 0 Å². The average molecular weight is 843 g/mol. The molecule has 2 unspecified atom stereocenters. The zero-order chi connectivity index (χ0) is 43.0. The van der Waals surface area contributed by atoms with Crippen LogP contribution in [0.1, 0.15) is 65.1 Å². The van der Waals surface area contributed by atoms with E-state index in [1.807, 2.05) is 0 Å². The number of rotatable bonds is 17. The standard InChI is InChI=1S/C35H36FN8O14P/c1-19(40-41-33(50)23-11-10-22(17-24(23)44(52)53)37-27(45)5-3-2-4-15-42-28(46)12-13-29(42)47)20-6-8-21(9-7-20)32(49)38-26-14-16-43(35(51)39-26)34-30(36)31(48)25(58-34)18-57-59(54,55)56/h6-14,16-17,25,30-31,34,48H,2-5,15,18H2,1H3,(H,37,45)(H,41,50)(H2,54,55,56)(H,38,39,49,51)/b40-19+/t25-,30?,31?,34-/m1/s1. The Kier molecular flexibility index (Phi) is 14.0. The third kappa shape index (κ3) is 11.4. The van der Waals surface area contributed by atoms with E-state index in [0.29, 0.717) is 29.4 Å². The molecule has 4 atom stereocenters. The van der Waals surface area contributed by atoms with Gasteiger partial charge in [-0.3, -0.25) is 48.1 Å². The van der Waals surface area contributed by atoms with Crippen molar-refractivity contribution < 1.29 is 62.0 Å². The molecule has 2 aliphatic heterocycles. The molecule has 0 saturated carbocycles. The first kappa shape index (κ1) is 43.8. The fourth-order valence-electron chi connectivity index (χ4n) is 5.78. The molecule has 3 aromatic rings. The maximum Gasteiger partial charge on any atom is 0.469 e. The third-order valence-corrected chi connectivity index (χ3v) is 9.33. The minimum absolute atomic E-state index is 0.0719. The topological polar surface area (TPSA) is 311 Å². The van der Waals surface area contributed by atoms with Crippen molar-refractivity contribution in [1.82, 2.24) is 19.9 Å². The summed E-state index contributed by atoms with van der Waals surface area (Å²) in [5.74, 6) is -3.05. The number of amides is 5. The molecule has 2 aliphatic rings. The summed E-state index contributed by atoms with van der Waals surface area (Å²) in [6.45, 7) is 0.888. The maximum absolute atomic E-state index is 14.7. The smallest absolute Gasteiger partial charge is 0.387 e. The quantitative estimate of drug-likeness (QED) is 0.0281. The number of anilines is 2. The number of unbranched alkanes of at least 4 members (excludes halogenated alkanes) is 2. The number of nitrogens with one attached hydrogen (secondary N) is 3. The highest BCUT2D eigenvalue weighted by Crippen LogP contribution is 2.39. The fourth-order valence-corrected chi connectivity index (χ4v) is 6.12. The van der Waals surface area contributed by atoms with Gasteiger partial charge in [-0.2, -0.15) is 10.1 Å². The van der Waals surface area contributed by atoms with Crippen LogP contribution in [0.25, 0.3) is 0 Å². The number of alkyl halides is 1. The third-order valence-electron chi connectivity index (χ3n) is 8.85. The van der Waals surface area contributed by atoms with Crippen LogP contribution < -0.4 is 21.7 Å². The molecule has 1 saturated heterocycles. The summed E-state index contributed by atoms with van der Waals surface area (Å²) < 4.78 is 35.8. The highest BCUT2D eigenvalue weighted by atomic mass is 31.2. The lowest BCUT2D eigenvalue weighted by atomic mass is 10.1. The lowest BCUT2D eigenvalue weighted by Gasteiger charge is -2.16. The van der Waals surface area contributed by atoms with Crippen molar-refractivity contribution in [2.75, 3.05) is 23.8 Å². The van der Waals surface area contributed by atoms with Crippen molar-refractivity contribution in [2.24, 2.45) is 5.10 Å². The van der Waals surface area contributed by atoms with Gasteiger partial charge in [0.25, 0.3) is 29.3 Å². The lowest BCUT2D eigenvalue weighted by Crippen LogP contribution is -2.34. The summed E-state index contributed by atoms with van der Waals surface area (Å²) in [6.07, 6.45) is -2.31. The second-order valence-electron chi connectivity index (χ2n) is 13.0. The van der Waals surface area contributed by atoms with E-state index in [1.165, 1.54) is 49.4 Å². The number of imide groups is 1. The second-order valence-corrected chi connectivity index (χ2v) is 14.2. The molecule has 1 fully saturated rings. The number of nitro benzene ring substituents is 1. The highest BCUT2D eigenvalue weighted by Gasteiger charge is 2.46. The van der Waals surface area contributed by atoms with E-state index in [0.717, 1.165) is 29.3 Å². The number of aliphatic hydroxyl groups is 1. The zero-order valence-corrected chi connectivity index (χ0v) is 31.7. The number of hydrogen-bond donors (Lipinski definition) is 6.